The Hall–Kier alpha value is -1.94. The third-order valence-corrected chi connectivity index (χ3v) is 4.28. The highest BCUT2D eigenvalue weighted by Gasteiger charge is 2.36. The van der Waals surface area contributed by atoms with Crippen LogP contribution >= 0.6 is 15.9 Å². The van der Waals surface area contributed by atoms with Crippen molar-refractivity contribution in [1.29, 1.82) is 5.26 Å². The Morgan fingerprint density at radius 2 is 2.10 bits per heavy atom. The predicted molar refractivity (Wildman–Crippen MR) is 75.1 cm³/mol. The van der Waals surface area contributed by atoms with Crippen molar-refractivity contribution < 1.29 is 9.72 Å². The molecule has 0 bridgehead atoms. The Morgan fingerprint density at radius 1 is 1.45 bits per heavy atom. The lowest BCUT2D eigenvalue weighted by Crippen LogP contribution is -2.45. The number of halogens is 1. The summed E-state index contributed by atoms with van der Waals surface area (Å²) in [5, 5.41) is 22.8. The van der Waals surface area contributed by atoms with Gasteiger partial charge in [0.15, 0.2) is 0 Å². The average Bonchev–Trinajstić information content (AvgIpc) is 2.87. The molecule has 0 unspecified atom stereocenters. The van der Waals surface area contributed by atoms with Gasteiger partial charge in [-0.05, 0) is 47.7 Å². The molecule has 1 fully saturated rings. The first-order chi connectivity index (χ1) is 9.49. The van der Waals surface area contributed by atoms with Gasteiger partial charge in [-0.1, -0.05) is 6.07 Å². The second kappa shape index (κ2) is 5.59. The molecule has 1 aliphatic carbocycles. The summed E-state index contributed by atoms with van der Waals surface area (Å²) in [6, 6.07) is 6.41. The molecule has 2 rings (SSSR count). The van der Waals surface area contributed by atoms with E-state index in [1.54, 1.807) is 0 Å². The summed E-state index contributed by atoms with van der Waals surface area (Å²) in [5.74, 6) is -0.468. The molecule has 6 nitrogen and oxygen atoms in total. The van der Waals surface area contributed by atoms with E-state index in [-0.39, 0.29) is 15.7 Å². The molecule has 0 radical (unpaired) electrons. The van der Waals surface area contributed by atoms with Gasteiger partial charge < -0.3 is 5.32 Å². The number of hydrogen-bond acceptors (Lipinski definition) is 4. The van der Waals surface area contributed by atoms with Gasteiger partial charge in [-0.15, -0.1) is 0 Å². The van der Waals surface area contributed by atoms with Crippen LogP contribution in [-0.2, 0) is 0 Å². The lowest BCUT2D eigenvalue weighted by molar-refractivity contribution is -0.385. The number of hydrogen-bond donors (Lipinski definition) is 1. The number of carbonyl (C=O) groups excluding carboxylic acids is 1. The van der Waals surface area contributed by atoms with Crippen LogP contribution in [0, 0.1) is 21.4 Å². The lowest BCUT2D eigenvalue weighted by atomic mass is 9.99. The van der Waals surface area contributed by atoms with Crippen LogP contribution in [0.25, 0.3) is 0 Å². The van der Waals surface area contributed by atoms with Crippen molar-refractivity contribution in [3.8, 4) is 6.07 Å². The van der Waals surface area contributed by atoms with Crippen molar-refractivity contribution in [2.24, 2.45) is 0 Å². The van der Waals surface area contributed by atoms with E-state index in [4.69, 9.17) is 0 Å². The van der Waals surface area contributed by atoms with E-state index in [1.165, 1.54) is 18.2 Å². The van der Waals surface area contributed by atoms with E-state index in [0.29, 0.717) is 12.8 Å². The minimum atomic E-state index is -0.846. The zero-order chi connectivity index (χ0) is 14.8. The summed E-state index contributed by atoms with van der Waals surface area (Å²) >= 11 is 3.09. The molecule has 20 heavy (non-hydrogen) atoms. The van der Waals surface area contributed by atoms with Crippen LogP contribution in [0.4, 0.5) is 5.69 Å². The molecule has 1 amide bonds. The van der Waals surface area contributed by atoms with Gasteiger partial charge in [-0.3, -0.25) is 14.9 Å². The fourth-order valence-electron chi connectivity index (χ4n) is 2.36. The molecular weight excluding hydrogens is 326 g/mol. The second-order valence-electron chi connectivity index (χ2n) is 4.75. The van der Waals surface area contributed by atoms with Crippen molar-refractivity contribution in [2.45, 2.75) is 31.2 Å². The molecule has 104 valence electrons. The average molecular weight is 338 g/mol. The number of nitrogens with one attached hydrogen (secondary N) is 1. The van der Waals surface area contributed by atoms with Crippen LogP contribution in [0.1, 0.15) is 36.0 Å². The number of benzene rings is 1. The number of nitro benzene ring substituents is 1. The Morgan fingerprint density at radius 3 is 2.65 bits per heavy atom. The first-order valence-corrected chi connectivity index (χ1v) is 6.95. The number of carbonyl (C=O) groups is 1. The van der Waals surface area contributed by atoms with Crippen molar-refractivity contribution in [3.63, 3.8) is 0 Å². The summed E-state index contributed by atoms with van der Waals surface area (Å²) in [6.07, 6.45) is 3.01. The monoisotopic (exact) mass is 337 g/mol. The summed E-state index contributed by atoms with van der Waals surface area (Å²) < 4.78 is 0.133. The molecule has 0 aromatic heterocycles. The standard InChI is InChI=1S/C13H12BrN3O3/c14-11-9(4-3-5-10(11)17(19)20)12(18)16-13(8-15)6-1-2-7-13/h3-5H,1-2,6-7H2,(H,16,18). The van der Waals surface area contributed by atoms with Gasteiger partial charge in [-0.25, -0.2) is 0 Å². The summed E-state index contributed by atoms with van der Waals surface area (Å²) in [5.41, 5.74) is -0.850. The van der Waals surface area contributed by atoms with Gasteiger partial charge in [0.05, 0.1) is 16.6 Å². The van der Waals surface area contributed by atoms with Crippen molar-refractivity contribution in [1.82, 2.24) is 5.32 Å². The van der Waals surface area contributed by atoms with Crippen molar-refractivity contribution >= 4 is 27.5 Å². The number of nitro groups is 1. The molecular formula is C13H12BrN3O3. The maximum atomic E-state index is 12.2. The number of amides is 1. The molecule has 1 saturated carbocycles. The number of nitriles is 1. The summed E-state index contributed by atoms with van der Waals surface area (Å²) in [7, 11) is 0. The van der Waals surface area contributed by atoms with E-state index in [9.17, 15) is 20.2 Å². The molecule has 0 spiro atoms. The molecule has 0 heterocycles. The SMILES string of the molecule is N#CC1(NC(=O)c2cccc([N+](=O)[O-])c2Br)CCCC1. The van der Waals surface area contributed by atoms with E-state index < -0.39 is 16.4 Å². The maximum absolute atomic E-state index is 12.2. The van der Waals surface area contributed by atoms with E-state index in [2.05, 4.69) is 27.3 Å². The highest BCUT2D eigenvalue weighted by Crippen LogP contribution is 2.31. The predicted octanol–water partition coefficient (Wildman–Crippen LogP) is 2.92. The van der Waals surface area contributed by atoms with Crippen LogP contribution in [0.15, 0.2) is 22.7 Å². The highest BCUT2D eigenvalue weighted by molar-refractivity contribution is 9.10. The van der Waals surface area contributed by atoms with Crippen molar-refractivity contribution in [2.75, 3.05) is 0 Å². The number of nitrogens with zero attached hydrogens (tertiary/aromatic N) is 2. The normalized spacial score (nSPS) is 16.4. The second-order valence-corrected chi connectivity index (χ2v) is 5.54. The van der Waals surface area contributed by atoms with E-state index >= 15 is 0 Å². The van der Waals surface area contributed by atoms with Gasteiger partial charge in [0, 0.05) is 6.07 Å². The third kappa shape index (κ3) is 2.65. The molecule has 1 aromatic carbocycles. The third-order valence-electron chi connectivity index (χ3n) is 3.44. The van der Waals surface area contributed by atoms with Gasteiger partial charge >= 0.3 is 0 Å². The highest BCUT2D eigenvalue weighted by atomic mass is 79.9. The first kappa shape index (κ1) is 14.5. The molecule has 1 aliphatic rings. The Labute approximate surface area is 124 Å². The lowest BCUT2D eigenvalue weighted by Gasteiger charge is -2.22. The largest absolute Gasteiger partial charge is 0.334 e. The molecule has 7 heteroatoms. The van der Waals surface area contributed by atoms with Crippen LogP contribution in [0.3, 0.4) is 0 Å². The van der Waals surface area contributed by atoms with Crippen LogP contribution < -0.4 is 5.32 Å². The molecule has 1 N–H and O–H groups in total. The Bertz CT molecular complexity index is 603. The fourth-order valence-corrected chi connectivity index (χ4v) is 2.95. The minimum absolute atomic E-state index is 0.133. The Balaban J connectivity index is 2.28. The Kier molecular flexibility index (Phi) is 4.04. The summed E-state index contributed by atoms with van der Waals surface area (Å²) in [6.45, 7) is 0. The van der Waals surface area contributed by atoms with E-state index in [0.717, 1.165) is 12.8 Å². The molecule has 1 aromatic rings. The van der Waals surface area contributed by atoms with Crippen molar-refractivity contribution in [3.05, 3.63) is 38.3 Å². The van der Waals surface area contributed by atoms with Gasteiger partial charge in [-0.2, -0.15) is 5.26 Å². The fraction of sp³-hybridized carbons (Fsp3) is 0.385. The smallest absolute Gasteiger partial charge is 0.284 e. The van der Waals surface area contributed by atoms with E-state index in [1.807, 2.05) is 0 Å². The topological polar surface area (TPSA) is 96.0 Å². The minimum Gasteiger partial charge on any atom is -0.334 e. The maximum Gasteiger partial charge on any atom is 0.284 e. The quantitative estimate of drug-likeness (QED) is 0.677. The van der Waals surface area contributed by atoms with Crippen LogP contribution in [-0.4, -0.2) is 16.4 Å². The zero-order valence-electron chi connectivity index (χ0n) is 10.6. The molecule has 0 atom stereocenters. The van der Waals surface area contributed by atoms with Gasteiger partial charge in [0.2, 0.25) is 0 Å². The van der Waals surface area contributed by atoms with Gasteiger partial charge in [0.25, 0.3) is 11.6 Å². The summed E-state index contributed by atoms with van der Waals surface area (Å²) in [4.78, 5) is 22.5. The molecule has 0 aliphatic heterocycles. The first-order valence-electron chi connectivity index (χ1n) is 6.16. The number of rotatable bonds is 3. The van der Waals surface area contributed by atoms with Crippen LogP contribution in [0.5, 0.6) is 0 Å². The van der Waals surface area contributed by atoms with Gasteiger partial charge in [0.1, 0.15) is 10.0 Å². The van der Waals surface area contributed by atoms with Crippen LogP contribution in [0.2, 0.25) is 0 Å². The molecule has 0 saturated heterocycles. The zero-order valence-corrected chi connectivity index (χ0v) is 12.1.